The largest absolute Gasteiger partial charge is 0.383 e. The van der Waals surface area contributed by atoms with Crippen LogP contribution < -0.4 is 0 Å². The number of nitrogens with zero attached hydrogens (tertiary/aromatic N) is 4. The highest BCUT2D eigenvalue weighted by Gasteiger charge is 2.40. The molecule has 0 spiro atoms. The zero-order valence-electron chi connectivity index (χ0n) is 13.9. The van der Waals surface area contributed by atoms with E-state index in [1.807, 2.05) is 11.0 Å². The van der Waals surface area contributed by atoms with Gasteiger partial charge in [0.25, 0.3) is 0 Å². The van der Waals surface area contributed by atoms with Gasteiger partial charge in [-0.1, -0.05) is 6.07 Å². The summed E-state index contributed by atoms with van der Waals surface area (Å²) in [7, 11) is 1.69. The second-order valence-corrected chi connectivity index (χ2v) is 7.26. The van der Waals surface area contributed by atoms with Crippen molar-refractivity contribution in [2.75, 3.05) is 33.4 Å². The molecular formula is C17H22N4O2S. The van der Waals surface area contributed by atoms with E-state index in [1.165, 1.54) is 17.3 Å². The molecule has 24 heavy (non-hydrogen) atoms. The van der Waals surface area contributed by atoms with Crippen molar-refractivity contribution in [2.45, 2.75) is 25.4 Å². The first-order chi connectivity index (χ1) is 11.7. The predicted octanol–water partition coefficient (Wildman–Crippen LogP) is 1.76. The highest BCUT2D eigenvalue weighted by Crippen LogP contribution is 2.30. The van der Waals surface area contributed by atoms with Crippen molar-refractivity contribution in [3.8, 4) is 0 Å². The number of benzene rings is 1. The van der Waals surface area contributed by atoms with Gasteiger partial charge in [0.05, 0.1) is 24.3 Å². The lowest BCUT2D eigenvalue weighted by molar-refractivity contribution is -0.140. The Balaban J connectivity index is 1.49. The van der Waals surface area contributed by atoms with Gasteiger partial charge < -0.3 is 9.64 Å². The number of fused-ring (bicyclic) bond motifs is 5. The third kappa shape index (κ3) is 3.03. The van der Waals surface area contributed by atoms with Crippen LogP contribution in [0.4, 0.5) is 0 Å². The summed E-state index contributed by atoms with van der Waals surface area (Å²) >= 11 is 1.25. The molecule has 3 aliphatic rings. The van der Waals surface area contributed by atoms with Gasteiger partial charge in [-0.2, -0.15) is 8.75 Å². The molecule has 0 aliphatic carbocycles. The van der Waals surface area contributed by atoms with Gasteiger partial charge >= 0.3 is 0 Å². The number of rotatable bonds is 5. The zero-order chi connectivity index (χ0) is 16.5. The Labute approximate surface area is 145 Å². The normalized spacial score (nSPS) is 24.7. The number of piperidine rings is 1. The molecule has 128 valence electrons. The molecular weight excluding hydrogens is 324 g/mol. The fourth-order valence-electron chi connectivity index (χ4n) is 3.93. The molecule has 3 aliphatic heterocycles. The van der Waals surface area contributed by atoms with Gasteiger partial charge in [-0.15, -0.1) is 0 Å². The number of methoxy groups -OCH3 is 1. The maximum absolute atomic E-state index is 12.7. The Morgan fingerprint density at radius 2 is 2.12 bits per heavy atom. The van der Waals surface area contributed by atoms with Crippen LogP contribution in [0, 0.1) is 5.92 Å². The highest BCUT2D eigenvalue weighted by atomic mass is 32.1. The van der Waals surface area contributed by atoms with Crippen LogP contribution in [0.2, 0.25) is 0 Å². The fraction of sp³-hybridized carbons (Fsp3) is 0.588. The molecule has 1 aromatic carbocycles. The topological polar surface area (TPSA) is 58.6 Å². The average Bonchev–Trinajstić information content (AvgIpc) is 2.90. The van der Waals surface area contributed by atoms with Crippen molar-refractivity contribution in [3.05, 3.63) is 23.8 Å². The Hall–Kier alpha value is -1.57. The molecule has 1 amide bonds. The van der Waals surface area contributed by atoms with Gasteiger partial charge in [-0.3, -0.25) is 9.69 Å². The molecule has 0 N–H and O–H groups in total. The molecule has 2 atom stereocenters. The lowest BCUT2D eigenvalue weighted by atomic mass is 9.94. The Bertz CT molecular complexity index is 734. The molecule has 5 rings (SSSR count). The minimum absolute atomic E-state index is 0.130. The lowest BCUT2D eigenvalue weighted by Crippen LogP contribution is -2.49. The molecule has 2 aromatic rings. The van der Waals surface area contributed by atoms with Gasteiger partial charge in [-0.25, -0.2) is 0 Å². The van der Waals surface area contributed by atoms with E-state index in [0.29, 0.717) is 25.1 Å². The predicted molar refractivity (Wildman–Crippen MR) is 92.8 cm³/mol. The van der Waals surface area contributed by atoms with Crippen molar-refractivity contribution in [2.24, 2.45) is 5.92 Å². The van der Waals surface area contributed by atoms with Crippen LogP contribution >= 0.6 is 11.7 Å². The van der Waals surface area contributed by atoms with E-state index in [-0.39, 0.29) is 5.92 Å². The van der Waals surface area contributed by atoms with E-state index < -0.39 is 0 Å². The van der Waals surface area contributed by atoms with Crippen molar-refractivity contribution >= 4 is 28.7 Å². The maximum atomic E-state index is 12.7. The van der Waals surface area contributed by atoms with Crippen LogP contribution in [0.3, 0.4) is 0 Å². The Morgan fingerprint density at radius 1 is 1.25 bits per heavy atom. The van der Waals surface area contributed by atoms with E-state index in [1.54, 1.807) is 7.11 Å². The molecule has 3 fully saturated rings. The van der Waals surface area contributed by atoms with Crippen molar-refractivity contribution in [1.29, 1.82) is 0 Å². The van der Waals surface area contributed by atoms with Crippen LogP contribution in [-0.4, -0.2) is 63.8 Å². The fourth-order valence-corrected chi connectivity index (χ4v) is 4.44. The number of hydrogen-bond acceptors (Lipinski definition) is 6. The summed E-state index contributed by atoms with van der Waals surface area (Å²) in [5.41, 5.74) is 3.17. The number of hydrogen-bond donors (Lipinski definition) is 0. The van der Waals surface area contributed by atoms with Crippen LogP contribution in [0.15, 0.2) is 18.2 Å². The first kappa shape index (κ1) is 15.9. The molecule has 0 radical (unpaired) electrons. The Morgan fingerprint density at radius 3 is 3.00 bits per heavy atom. The van der Waals surface area contributed by atoms with Crippen LogP contribution in [-0.2, 0) is 16.1 Å². The standard InChI is InChI=1S/C17H22N4O2S/c1-23-7-6-21-14-4-3-13(17(21)22)10-20(11-14)9-12-2-5-15-16(8-12)19-24-18-15/h2,5,8,13-14H,3-4,6-7,9-11H2,1H3/t13-,14+/m1/s1. The van der Waals surface area contributed by atoms with E-state index in [9.17, 15) is 4.79 Å². The van der Waals surface area contributed by atoms with Crippen molar-refractivity contribution in [3.63, 3.8) is 0 Å². The van der Waals surface area contributed by atoms with Crippen LogP contribution in [0.25, 0.3) is 11.0 Å². The number of ether oxygens (including phenoxy) is 1. The van der Waals surface area contributed by atoms with Crippen molar-refractivity contribution < 1.29 is 9.53 Å². The maximum Gasteiger partial charge on any atom is 0.227 e. The first-order valence-electron chi connectivity index (χ1n) is 8.47. The van der Waals surface area contributed by atoms with Gasteiger partial charge in [0, 0.05) is 39.3 Å². The molecule has 6 nitrogen and oxygen atoms in total. The summed E-state index contributed by atoms with van der Waals surface area (Å²) in [5.74, 6) is 0.440. The van der Waals surface area contributed by atoms with Gasteiger partial charge in [0.15, 0.2) is 0 Å². The number of carbonyl (C=O) groups is 1. The first-order valence-corrected chi connectivity index (χ1v) is 9.20. The summed E-state index contributed by atoms with van der Waals surface area (Å²) in [6.45, 7) is 3.99. The summed E-state index contributed by atoms with van der Waals surface area (Å²) in [4.78, 5) is 17.1. The summed E-state index contributed by atoms with van der Waals surface area (Å²) in [6, 6.07) is 6.60. The summed E-state index contributed by atoms with van der Waals surface area (Å²) in [5, 5.41) is 0. The lowest BCUT2D eigenvalue weighted by Gasteiger charge is -2.35. The van der Waals surface area contributed by atoms with Crippen LogP contribution in [0.5, 0.6) is 0 Å². The minimum Gasteiger partial charge on any atom is -0.383 e. The Kier molecular flexibility index (Phi) is 4.47. The van der Waals surface area contributed by atoms with E-state index >= 15 is 0 Å². The third-order valence-corrected chi connectivity index (χ3v) is 5.69. The molecule has 4 heterocycles. The molecule has 3 saturated heterocycles. The smallest absolute Gasteiger partial charge is 0.227 e. The molecule has 0 unspecified atom stereocenters. The van der Waals surface area contributed by atoms with Crippen molar-refractivity contribution in [1.82, 2.24) is 18.5 Å². The molecule has 2 bridgehead atoms. The molecule has 1 aromatic heterocycles. The van der Waals surface area contributed by atoms with E-state index in [0.717, 1.165) is 43.5 Å². The highest BCUT2D eigenvalue weighted by molar-refractivity contribution is 7.00. The number of aromatic nitrogens is 2. The molecule has 7 heteroatoms. The average molecular weight is 346 g/mol. The second kappa shape index (κ2) is 6.74. The second-order valence-electron chi connectivity index (χ2n) is 6.73. The van der Waals surface area contributed by atoms with E-state index in [4.69, 9.17) is 4.74 Å². The summed E-state index contributed by atoms with van der Waals surface area (Å²) in [6.07, 6.45) is 2.12. The third-order valence-electron chi connectivity index (χ3n) is 5.13. The molecule has 0 saturated carbocycles. The van der Waals surface area contributed by atoms with Gasteiger partial charge in [-0.05, 0) is 30.5 Å². The zero-order valence-corrected chi connectivity index (χ0v) is 14.7. The number of amides is 1. The number of carbonyl (C=O) groups excluding carboxylic acids is 1. The summed E-state index contributed by atoms with van der Waals surface area (Å²) < 4.78 is 13.8. The minimum atomic E-state index is 0.130. The van der Waals surface area contributed by atoms with Crippen LogP contribution in [0.1, 0.15) is 18.4 Å². The van der Waals surface area contributed by atoms with Gasteiger partial charge in [0.1, 0.15) is 11.0 Å². The van der Waals surface area contributed by atoms with Gasteiger partial charge in [0.2, 0.25) is 5.91 Å². The SMILES string of the molecule is COCCN1C(=O)[C@@H]2CC[C@H]1CN(Cc1ccc3nsnc3c1)C2. The quantitative estimate of drug-likeness (QED) is 0.826. The van der Waals surface area contributed by atoms with E-state index in [2.05, 4.69) is 25.8 Å². The monoisotopic (exact) mass is 346 g/mol.